The van der Waals surface area contributed by atoms with Gasteiger partial charge in [-0.05, 0) is 52.9 Å². The van der Waals surface area contributed by atoms with Crippen LogP contribution < -0.4 is 5.32 Å². The Hall–Kier alpha value is -1.44. The molecule has 2 N–H and O–H groups in total. The van der Waals surface area contributed by atoms with Gasteiger partial charge in [-0.25, -0.2) is 13.6 Å². The van der Waals surface area contributed by atoms with Crippen molar-refractivity contribution >= 4 is 12.0 Å². The van der Waals surface area contributed by atoms with Crippen molar-refractivity contribution in [2.24, 2.45) is 11.3 Å². The Morgan fingerprint density at radius 3 is 2.35 bits per heavy atom. The van der Waals surface area contributed by atoms with Gasteiger partial charge in [0.25, 0.3) is 0 Å². The number of likely N-dealkylation sites (tertiary alicyclic amines) is 1. The first-order valence-electron chi connectivity index (χ1n) is 11.7. The number of aliphatic hydroxyl groups excluding tert-OH is 1. The Kier molecular flexibility index (Phi) is 6.90. The topological polar surface area (TPSA) is 78.9 Å². The number of fused-ring (bicyclic) bond motifs is 1. The highest BCUT2D eigenvalue weighted by molar-refractivity contribution is 5.79. The van der Waals surface area contributed by atoms with Crippen molar-refractivity contribution in [3.8, 4) is 0 Å². The van der Waals surface area contributed by atoms with E-state index in [0.29, 0.717) is 12.8 Å². The quantitative estimate of drug-likeness (QED) is 0.682. The molecule has 2 amide bonds. The Labute approximate surface area is 184 Å². The van der Waals surface area contributed by atoms with Crippen LogP contribution in [0.4, 0.5) is 13.6 Å². The van der Waals surface area contributed by atoms with Crippen molar-refractivity contribution in [3.63, 3.8) is 0 Å². The van der Waals surface area contributed by atoms with Crippen LogP contribution in [-0.4, -0.2) is 58.3 Å². The summed E-state index contributed by atoms with van der Waals surface area (Å²) in [5, 5.41) is 13.8. The molecule has 0 aromatic rings. The fraction of sp³-hybridized carbons (Fsp3) is 0.913. The van der Waals surface area contributed by atoms with Crippen molar-refractivity contribution in [2.45, 2.75) is 115 Å². The molecule has 0 unspecified atom stereocenters. The minimum atomic E-state index is -2.67. The van der Waals surface area contributed by atoms with Gasteiger partial charge in [0.15, 0.2) is 0 Å². The van der Waals surface area contributed by atoms with Crippen molar-refractivity contribution in [3.05, 3.63) is 0 Å². The predicted octanol–water partition coefficient (Wildman–Crippen LogP) is 4.25. The molecule has 0 aromatic carbocycles. The van der Waals surface area contributed by atoms with Crippen molar-refractivity contribution < 1.29 is 28.2 Å². The number of nitrogens with one attached hydrogen (secondary N) is 1. The number of carbonyl (C=O) groups is 2. The molecule has 3 aliphatic rings. The first-order valence-corrected chi connectivity index (χ1v) is 11.7. The maximum Gasteiger partial charge on any atom is 0.410 e. The fourth-order valence-corrected chi connectivity index (χ4v) is 5.57. The number of alkyl halides is 2. The minimum Gasteiger partial charge on any atom is -0.444 e. The number of ether oxygens (including phenoxy) is 1. The highest BCUT2D eigenvalue weighted by Gasteiger charge is 2.55. The lowest BCUT2D eigenvalue weighted by molar-refractivity contribution is -0.129. The van der Waals surface area contributed by atoms with E-state index in [2.05, 4.69) is 5.32 Å². The number of hydrogen-bond acceptors (Lipinski definition) is 4. The third-order valence-electron chi connectivity index (χ3n) is 7.34. The zero-order valence-electron chi connectivity index (χ0n) is 19.3. The summed E-state index contributed by atoms with van der Waals surface area (Å²) in [5.74, 6) is -3.31. The number of hydrogen-bond donors (Lipinski definition) is 2. The number of nitrogens with zero attached hydrogens (tertiary/aromatic N) is 1. The van der Waals surface area contributed by atoms with Gasteiger partial charge in [-0.15, -0.1) is 0 Å². The van der Waals surface area contributed by atoms with E-state index in [1.165, 1.54) is 0 Å². The monoisotopic (exact) mass is 444 g/mol. The second-order valence-corrected chi connectivity index (χ2v) is 10.9. The molecule has 2 saturated carbocycles. The first-order chi connectivity index (χ1) is 14.3. The summed E-state index contributed by atoms with van der Waals surface area (Å²) < 4.78 is 32.5. The molecule has 2 aliphatic carbocycles. The molecule has 0 radical (unpaired) electrons. The highest BCUT2D eigenvalue weighted by atomic mass is 19.3. The van der Waals surface area contributed by atoms with Gasteiger partial charge in [0.05, 0.1) is 12.1 Å². The van der Waals surface area contributed by atoms with Crippen LogP contribution in [0.25, 0.3) is 0 Å². The smallest absolute Gasteiger partial charge is 0.410 e. The lowest BCUT2D eigenvalue weighted by atomic mass is 9.75. The largest absolute Gasteiger partial charge is 0.444 e. The van der Waals surface area contributed by atoms with E-state index in [0.717, 1.165) is 19.3 Å². The molecule has 4 atom stereocenters. The first kappa shape index (κ1) is 24.2. The zero-order chi connectivity index (χ0) is 23.0. The third kappa shape index (κ3) is 5.49. The molecular formula is C23H38F2N2O4. The third-order valence-corrected chi connectivity index (χ3v) is 7.34. The van der Waals surface area contributed by atoms with Crippen molar-refractivity contribution in [1.29, 1.82) is 0 Å². The Bertz CT molecular complexity index is 671. The van der Waals surface area contributed by atoms with Gasteiger partial charge in [0.1, 0.15) is 5.60 Å². The van der Waals surface area contributed by atoms with Crippen LogP contribution in [0.5, 0.6) is 0 Å². The van der Waals surface area contributed by atoms with Gasteiger partial charge in [0, 0.05) is 36.8 Å². The highest BCUT2D eigenvalue weighted by Crippen LogP contribution is 2.48. The molecule has 0 aromatic heterocycles. The van der Waals surface area contributed by atoms with Crippen LogP contribution in [0.15, 0.2) is 0 Å². The number of aliphatic hydroxyl groups is 1. The predicted molar refractivity (Wildman–Crippen MR) is 113 cm³/mol. The van der Waals surface area contributed by atoms with Crippen molar-refractivity contribution in [2.75, 3.05) is 6.54 Å². The standard InChI is InChI=1S/C23H38F2N2O4/c1-21(2,3)31-20(30)27-16(13-22(4)17(27)7-5-6-8-18(22)28)14-26-19(29)15-9-11-23(24,25)12-10-15/h15-18,28H,5-14H2,1-4H3,(H,26,29)/t16-,17-,18+,22-/m1/s1. The van der Waals surface area contributed by atoms with E-state index < -0.39 is 35.1 Å². The van der Waals surface area contributed by atoms with E-state index in [9.17, 15) is 23.5 Å². The van der Waals surface area contributed by atoms with E-state index >= 15 is 0 Å². The average molecular weight is 445 g/mol. The lowest BCUT2D eigenvalue weighted by Gasteiger charge is -2.38. The van der Waals surface area contributed by atoms with Gasteiger partial charge >= 0.3 is 6.09 Å². The molecule has 31 heavy (non-hydrogen) atoms. The van der Waals surface area contributed by atoms with Crippen molar-refractivity contribution in [1.82, 2.24) is 10.2 Å². The minimum absolute atomic E-state index is 0.157. The van der Waals surface area contributed by atoms with Crippen LogP contribution in [0, 0.1) is 11.3 Å². The molecule has 1 saturated heterocycles. The van der Waals surface area contributed by atoms with Gasteiger partial charge in [-0.1, -0.05) is 19.8 Å². The second-order valence-electron chi connectivity index (χ2n) is 10.9. The molecular weight excluding hydrogens is 406 g/mol. The molecule has 3 rings (SSSR count). The summed E-state index contributed by atoms with van der Waals surface area (Å²) in [4.78, 5) is 27.5. The summed E-state index contributed by atoms with van der Waals surface area (Å²) in [7, 11) is 0. The summed E-state index contributed by atoms with van der Waals surface area (Å²) in [6, 6.07) is -0.457. The van der Waals surface area contributed by atoms with E-state index in [4.69, 9.17) is 4.74 Å². The molecule has 0 bridgehead atoms. The zero-order valence-corrected chi connectivity index (χ0v) is 19.3. The summed E-state index contributed by atoms with van der Waals surface area (Å²) >= 11 is 0. The normalized spacial score (nSPS) is 34.0. The van der Waals surface area contributed by atoms with Gasteiger partial charge < -0.3 is 15.2 Å². The number of amides is 2. The molecule has 8 heteroatoms. The lowest BCUT2D eigenvalue weighted by Crippen LogP contribution is -2.51. The SMILES string of the molecule is CC(C)(C)OC(=O)N1[C@@H](CNC(=O)C2CCC(F)(F)CC2)C[C@@]2(C)[C@@H](O)CCCC[C@@H]12. The number of rotatable bonds is 3. The van der Waals surface area contributed by atoms with Crippen LogP contribution in [0.1, 0.15) is 85.5 Å². The second kappa shape index (κ2) is 8.83. The van der Waals surface area contributed by atoms with E-state index in [1.54, 1.807) is 4.90 Å². The molecule has 1 aliphatic heterocycles. The fourth-order valence-electron chi connectivity index (χ4n) is 5.57. The molecule has 6 nitrogen and oxygen atoms in total. The molecule has 1 heterocycles. The van der Waals surface area contributed by atoms with Gasteiger partial charge in [-0.2, -0.15) is 0 Å². The molecule has 0 spiro atoms. The van der Waals surface area contributed by atoms with Crippen LogP contribution >= 0.6 is 0 Å². The number of halogens is 2. The number of carbonyl (C=O) groups excluding carboxylic acids is 2. The molecule has 178 valence electrons. The van der Waals surface area contributed by atoms with Crippen LogP contribution in [0.3, 0.4) is 0 Å². The van der Waals surface area contributed by atoms with Crippen LogP contribution in [-0.2, 0) is 9.53 Å². The summed E-state index contributed by atoms with van der Waals surface area (Å²) in [5.41, 5.74) is -1.11. The summed E-state index contributed by atoms with van der Waals surface area (Å²) in [6.45, 7) is 7.72. The van der Waals surface area contributed by atoms with Crippen LogP contribution in [0.2, 0.25) is 0 Å². The summed E-state index contributed by atoms with van der Waals surface area (Å²) in [6.07, 6.45) is 2.79. The Morgan fingerprint density at radius 1 is 1.13 bits per heavy atom. The Morgan fingerprint density at radius 2 is 1.74 bits per heavy atom. The van der Waals surface area contributed by atoms with Gasteiger partial charge in [-0.3, -0.25) is 9.69 Å². The van der Waals surface area contributed by atoms with E-state index in [1.807, 2.05) is 27.7 Å². The maximum absolute atomic E-state index is 13.4. The van der Waals surface area contributed by atoms with E-state index in [-0.39, 0.29) is 50.2 Å². The maximum atomic E-state index is 13.4. The van der Waals surface area contributed by atoms with Gasteiger partial charge in [0.2, 0.25) is 11.8 Å². The Balaban J connectivity index is 1.72. The molecule has 3 fully saturated rings. The average Bonchev–Trinajstić information content (AvgIpc) is 2.86.